The quantitative estimate of drug-likeness (QED) is 0.832. The van der Waals surface area contributed by atoms with Gasteiger partial charge in [-0.2, -0.15) is 0 Å². The largest absolute Gasteiger partial charge is 0.491 e. The van der Waals surface area contributed by atoms with Crippen molar-refractivity contribution >= 4 is 27.3 Å². The summed E-state index contributed by atoms with van der Waals surface area (Å²) in [4.78, 5) is 5.30. The molecule has 90 valence electrons. The molecule has 2 aromatic rings. The minimum atomic E-state index is 0.651. The third kappa shape index (κ3) is 4.46. The molecule has 0 aliphatic rings. The highest BCUT2D eigenvalue weighted by molar-refractivity contribution is 9.10. The average molecular weight is 313 g/mol. The van der Waals surface area contributed by atoms with Crippen molar-refractivity contribution < 1.29 is 4.74 Å². The number of thiophene rings is 1. The molecule has 0 aliphatic heterocycles. The van der Waals surface area contributed by atoms with E-state index in [1.165, 1.54) is 4.88 Å². The van der Waals surface area contributed by atoms with Crippen molar-refractivity contribution in [3.63, 3.8) is 0 Å². The number of rotatable bonds is 6. The number of pyridine rings is 1. The van der Waals surface area contributed by atoms with Crippen LogP contribution in [0, 0.1) is 0 Å². The molecule has 0 aliphatic carbocycles. The molecule has 0 radical (unpaired) electrons. The molecule has 0 aromatic carbocycles. The Kier molecular flexibility index (Phi) is 4.97. The molecule has 3 nitrogen and oxygen atoms in total. The Morgan fingerprint density at radius 1 is 1.47 bits per heavy atom. The van der Waals surface area contributed by atoms with Gasteiger partial charge in [-0.15, -0.1) is 11.3 Å². The van der Waals surface area contributed by atoms with E-state index >= 15 is 0 Å². The number of hydrogen-bond acceptors (Lipinski definition) is 4. The van der Waals surface area contributed by atoms with Crippen LogP contribution in [0.25, 0.3) is 0 Å². The van der Waals surface area contributed by atoms with Gasteiger partial charge < -0.3 is 10.1 Å². The number of aromatic nitrogens is 1. The molecule has 2 aromatic heterocycles. The lowest BCUT2D eigenvalue weighted by atomic mass is 10.4. The third-order valence-electron chi connectivity index (χ3n) is 2.10. The second-order valence-corrected chi connectivity index (χ2v) is 5.36. The number of nitrogens with one attached hydrogen (secondary N) is 1. The number of halogens is 1. The topological polar surface area (TPSA) is 34.1 Å². The van der Waals surface area contributed by atoms with E-state index in [9.17, 15) is 0 Å². The number of nitrogens with zero attached hydrogens (tertiary/aromatic N) is 1. The van der Waals surface area contributed by atoms with Gasteiger partial charge in [-0.3, -0.25) is 4.98 Å². The van der Waals surface area contributed by atoms with Gasteiger partial charge in [-0.05, 0) is 34.1 Å². The van der Waals surface area contributed by atoms with Crippen molar-refractivity contribution in [2.75, 3.05) is 13.2 Å². The monoisotopic (exact) mass is 312 g/mol. The predicted octanol–water partition coefficient (Wildman–Crippen LogP) is 3.07. The Morgan fingerprint density at radius 3 is 3.12 bits per heavy atom. The van der Waals surface area contributed by atoms with Crippen LogP contribution < -0.4 is 10.1 Å². The molecule has 0 fully saturated rings. The van der Waals surface area contributed by atoms with E-state index in [1.807, 2.05) is 12.1 Å². The fourth-order valence-electron chi connectivity index (χ4n) is 1.33. The molecule has 0 amide bonds. The third-order valence-corrected chi connectivity index (χ3v) is 3.80. The molecular formula is C12H13BrN2OS. The molecule has 0 atom stereocenters. The van der Waals surface area contributed by atoms with Crippen LogP contribution in [0.4, 0.5) is 0 Å². The summed E-state index contributed by atoms with van der Waals surface area (Å²) in [6, 6.07) is 5.90. The summed E-state index contributed by atoms with van der Waals surface area (Å²) in [5.74, 6) is 0.813. The first-order valence-corrected chi connectivity index (χ1v) is 6.98. The molecule has 0 unspecified atom stereocenters. The van der Waals surface area contributed by atoms with Gasteiger partial charge in [0.1, 0.15) is 12.4 Å². The van der Waals surface area contributed by atoms with Crippen LogP contribution in [0.3, 0.4) is 0 Å². The van der Waals surface area contributed by atoms with Crippen LogP contribution in [0.1, 0.15) is 4.88 Å². The summed E-state index contributed by atoms with van der Waals surface area (Å²) < 4.78 is 6.66. The van der Waals surface area contributed by atoms with Gasteiger partial charge in [-0.1, -0.05) is 0 Å². The van der Waals surface area contributed by atoms with Gasteiger partial charge in [0.25, 0.3) is 0 Å². The zero-order valence-electron chi connectivity index (χ0n) is 9.23. The predicted molar refractivity (Wildman–Crippen MR) is 73.5 cm³/mol. The molecule has 1 N–H and O–H groups in total. The first kappa shape index (κ1) is 12.5. The van der Waals surface area contributed by atoms with Crippen molar-refractivity contribution in [1.29, 1.82) is 0 Å². The zero-order valence-corrected chi connectivity index (χ0v) is 11.6. The van der Waals surface area contributed by atoms with Crippen molar-refractivity contribution in [1.82, 2.24) is 10.3 Å². The van der Waals surface area contributed by atoms with Crippen LogP contribution in [0.5, 0.6) is 5.75 Å². The molecule has 2 rings (SSSR count). The van der Waals surface area contributed by atoms with Gasteiger partial charge in [0.2, 0.25) is 0 Å². The van der Waals surface area contributed by atoms with Crippen LogP contribution in [0.2, 0.25) is 0 Å². The minimum Gasteiger partial charge on any atom is -0.491 e. The molecule has 0 spiro atoms. The summed E-state index contributed by atoms with van der Waals surface area (Å²) in [5, 5.41) is 5.42. The van der Waals surface area contributed by atoms with Crippen molar-refractivity contribution in [2.24, 2.45) is 0 Å². The van der Waals surface area contributed by atoms with E-state index < -0.39 is 0 Å². The first-order chi connectivity index (χ1) is 8.34. The van der Waals surface area contributed by atoms with Crippen molar-refractivity contribution in [3.8, 4) is 5.75 Å². The van der Waals surface area contributed by atoms with Crippen molar-refractivity contribution in [2.45, 2.75) is 6.54 Å². The number of ether oxygens (including phenoxy) is 1. The Labute approximate surface area is 113 Å². The van der Waals surface area contributed by atoms with E-state index in [1.54, 1.807) is 23.7 Å². The van der Waals surface area contributed by atoms with Crippen molar-refractivity contribution in [3.05, 3.63) is 45.3 Å². The maximum atomic E-state index is 5.52. The van der Waals surface area contributed by atoms with E-state index in [0.29, 0.717) is 6.61 Å². The fraction of sp³-hybridized carbons (Fsp3) is 0.250. The molecular weight excluding hydrogens is 300 g/mol. The summed E-state index contributed by atoms with van der Waals surface area (Å²) in [5.41, 5.74) is 0. The summed E-state index contributed by atoms with van der Waals surface area (Å²) in [6.45, 7) is 2.36. The van der Waals surface area contributed by atoms with Gasteiger partial charge in [-0.25, -0.2) is 0 Å². The van der Waals surface area contributed by atoms with Gasteiger partial charge in [0, 0.05) is 34.0 Å². The zero-order chi connectivity index (χ0) is 11.9. The highest BCUT2D eigenvalue weighted by Gasteiger charge is 1.97. The summed E-state index contributed by atoms with van der Waals surface area (Å²) >= 11 is 5.18. The molecule has 5 heteroatoms. The second kappa shape index (κ2) is 6.74. The second-order valence-electron chi connectivity index (χ2n) is 3.45. The smallest absolute Gasteiger partial charge is 0.137 e. The standard InChI is InChI=1S/C12H13BrN2OS/c13-10-6-12(17-9-10)8-15-4-5-16-11-2-1-3-14-7-11/h1-3,6-7,9,15H,4-5,8H2. The maximum Gasteiger partial charge on any atom is 0.137 e. The Hall–Kier alpha value is -0.910. The van der Waals surface area contributed by atoms with Gasteiger partial charge >= 0.3 is 0 Å². The summed E-state index contributed by atoms with van der Waals surface area (Å²) in [7, 11) is 0. The van der Waals surface area contributed by atoms with Gasteiger partial charge in [0.15, 0.2) is 0 Å². The molecule has 0 saturated heterocycles. The Balaban J connectivity index is 1.61. The SMILES string of the molecule is Brc1csc(CNCCOc2cccnc2)c1. The van der Waals surface area contributed by atoms with Crippen LogP contribution >= 0.6 is 27.3 Å². The average Bonchev–Trinajstić information content (AvgIpc) is 2.76. The molecule has 17 heavy (non-hydrogen) atoms. The minimum absolute atomic E-state index is 0.651. The Morgan fingerprint density at radius 2 is 2.41 bits per heavy atom. The Bertz CT molecular complexity index is 447. The van der Waals surface area contributed by atoms with Crippen LogP contribution in [-0.4, -0.2) is 18.1 Å². The maximum absolute atomic E-state index is 5.52. The first-order valence-electron chi connectivity index (χ1n) is 5.31. The lowest BCUT2D eigenvalue weighted by Gasteiger charge is -2.06. The fourth-order valence-corrected chi connectivity index (χ4v) is 2.75. The highest BCUT2D eigenvalue weighted by atomic mass is 79.9. The van der Waals surface area contributed by atoms with E-state index in [-0.39, 0.29) is 0 Å². The molecule has 0 saturated carbocycles. The van der Waals surface area contributed by atoms with Crippen LogP contribution in [-0.2, 0) is 6.54 Å². The van der Waals surface area contributed by atoms with Crippen LogP contribution in [0.15, 0.2) is 40.4 Å². The lowest BCUT2D eigenvalue weighted by Crippen LogP contribution is -2.20. The highest BCUT2D eigenvalue weighted by Crippen LogP contribution is 2.19. The van der Waals surface area contributed by atoms with E-state index in [2.05, 4.69) is 37.7 Å². The molecule has 2 heterocycles. The van der Waals surface area contributed by atoms with E-state index in [0.717, 1.165) is 23.3 Å². The van der Waals surface area contributed by atoms with E-state index in [4.69, 9.17) is 4.74 Å². The summed E-state index contributed by atoms with van der Waals surface area (Å²) in [6.07, 6.45) is 3.45. The molecule has 0 bridgehead atoms. The number of hydrogen-bond donors (Lipinski definition) is 1. The normalized spacial score (nSPS) is 10.4. The lowest BCUT2D eigenvalue weighted by molar-refractivity contribution is 0.312. The van der Waals surface area contributed by atoms with Gasteiger partial charge in [0.05, 0.1) is 6.20 Å².